The smallest absolute Gasteiger partial charge is 0.251 e. The van der Waals surface area contributed by atoms with Crippen LogP contribution in [0.15, 0.2) is 54.6 Å². The molecule has 3 amide bonds. The van der Waals surface area contributed by atoms with Crippen molar-refractivity contribution in [2.75, 3.05) is 37.4 Å². The summed E-state index contributed by atoms with van der Waals surface area (Å²) in [6.45, 7) is 11.2. The number of carbonyl (C=O) groups is 3. The summed E-state index contributed by atoms with van der Waals surface area (Å²) in [7, 11) is 0. The molecule has 1 heterocycles. The quantitative estimate of drug-likeness (QED) is 0.222. The van der Waals surface area contributed by atoms with Crippen LogP contribution in [-0.2, 0) is 15.1 Å². The fourth-order valence-electron chi connectivity index (χ4n) is 4.61. The third-order valence-electron chi connectivity index (χ3n) is 6.95. The van der Waals surface area contributed by atoms with Crippen molar-refractivity contribution >= 4 is 35.4 Å². The Hall–Kier alpha value is -3.08. The van der Waals surface area contributed by atoms with Gasteiger partial charge in [0.15, 0.2) is 0 Å². The predicted octanol–water partition coefficient (Wildman–Crippen LogP) is 3.15. The number of amides is 3. The minimum Gasteiger partial charge on any atom is -0.351 e. The number of likely N-dealkylation sites (tertiary alicyclic amines) is 1. The van der Waals surface area contributed by atoms with Crippen molar-refractivity contribution in [2.24, 2.45) is 5.73 Å². The van der Waals surface area contributed by atoms with Gasteiger partial charge in [0.25, 0.3) is 5.91 Å². The number of hydrogen-bond donors (Lipinski definition) is 4. The van der Waals surface area contributed by atoms with Gasteiger partial charge in [0.2, 0.25) is 11.8 Å². The number of rotatable bonds is 13. The van der Waals surface area contributed by atoms with Gasteiger partial charge in [-0.1, -0.05) is 30.3 Å². The molecule has 39 heavy (non-hydrogen) atoms. The topological polar surface area (TPSA) is 120 Å². The van der Waals surface area contributed by atoms with Crippen molar-refractivity contribution in [1.82, 2.24) is 20.4 Å². The number of hydrogen-bond acceptors (Lipinski definition) is 7. The van der Waals surface area contributed by atoms with E-state index in [2.05, 4.69) is 20.3 Å². The predicted molar refractivity (Wildman–Crippen MR) is 158 cm³/mol. The number of likely N-dealkylation sites (N-methyl/N-ethyl adjacent to an activating group) is 1. The van der Waals surface area contributed by atoms with Gasteiger partial charge in [0.1, 0.15) is 11.4 Å². The van der Waals surface area contributed by atoms with Crippen LogP contribution in [0.5, 0.6) is 0 Å². The third-order valence-corrected chi connectivity index (χ3v) is 8.09. The molecule has 3 rings (SSSR count). The lowest BCUT2D eigenvalue weighted by atomic mass is 9.94. The minimum atomic E-state index is -0.991. The van der Waals surface area contributed by atoms with Crippen LogP contribution in [0, 0.1) is 0 Å². The summed E-state index contributed by atoms with van der Waals surface area (Å²) >= 11 is 1.20. The van der Waals surface area contributed by atoms with E-state index in [9.17, 15) is 14.4 Å². The Labute approximate surface area is 236 Å². The van der Waals surface area contributed by atoms with E-state index in [1.165, 1.54) is 31.7 Å². The molecule has 10 heteroatoms. The molecule has 212 valence electrons. The molecule has 9 nitrogen and oxygen atoms in total. The van der Waals surface area contributed by atoms with E-state index < -0.39 is 17.0 Å². The fraction of sp³-hybridized carbons (Fsp3) is 0.483. The first-order valence-electron chi connectivity index (χ1n) is 13.5. The highest BCUT2D eigenvalue weighted by molar-refractivity contribution is 8.01. The van der Waals surface area contributed by atoms with Crippen molar-refractivity contribution < 1.29 is 14.4 Å². The fourth-order valence-corrected chi connectivity index (χ4v) is 5.70. The maximum absolute atomic E-state index is 13.3. The molecule has 1 saturated heterocycles. The van der Waals surface area contributed by atoms with Crippen molar-refractivity contribution in [2.45, 2.75) is 57.5 Å². The molecular formula is C29H42N6O3S. The molecule has 0 radical (unpaired) electrons. The zero-order valence-corrected chi connectivity index (χ0v) is 24.2. The molecular weight excluding hydrogens is 512 g/mol. The summed E-state index contributed by atoms with van der Waals surface area (Å²) in [4.78, 5) is 42.1. The van der Waals surface area contributed by atoms with Gasteiger partial charge in [-0.15, -0.1) is 0 Å². The molecule has 1 aliphatic rings. The molecule has 1 unspecified atom stereocenters. The Bertz CT molecular complexity index is 1090. The van der Waals surface area contributed by atoms with Gasteiger partial charge >= 0.3 is 0 Å². The van der Waals surface area contributed by atoms with E-state index in [-0.39, 0.29) is 17.7 Å². The summed E-state index contributed by atoms with van der Waals surface area (Å²) in [5, 5.41) is 5.35. The van der Waals surface area contributed by atoms with Crippen LogP contribution in [-0.4, -0.2) is 71.7 Å². The van der Waals surface area contributed by atoms with E-state index in [4.69, 9.17) is 5.73 Å². The lowest BCUT2D eigenvalue weighted by molar-refractivity contribution is -0.131. The molecule has 2 aromatic carbocycles. The second-order valence-electron chi connectivity index (χ2n) is 10.3. The normalized spacial score (nSPS) is 15.3. The van der Waals surface area contributed by atoms with Crippen molar-refractivity contribution in [3.8, 4) is 0 Å². The van der Waals surface area contributed by atoms with E-state index in [1.807, 2.05) is 51.1 Å². The van der Waals surface area contributed by atoms with Crippen LogP contribution in [0.25, 0.3) is 0 Å². The SMILES string of the molecule is CCN(C(C)=O)C(SNc1ccc(C(=O)NCCN2CCCC2)cc1)[C@H](N)C(=O)NC(C)(C)c1ccccc1. The maximum Gasteiger partial charge on any atom is 0.251 e. The molecule has 0 saturated carbocycles. The van der Waals surface area contributed by atoms with Crippen LogP contribution < -0.4 is 21.1 Å². The molecule has 0 aromatic heterocycles. The van der Waals surface area contributed by atoms with Gasteiger partial charge in [-0.05, 0) is 88.5 Å². The summed E-state index contributed by atoms with van der Waals surface area (Å²) < 4.78 is 3.22. The lowest BCUT2D eigenvalue weighted by Crippen LogP contribution is -2.58. The average Bonchev–Trinajstić information content (AvgIpc) is 3.44. The Balaban J connectivity index is 1.61. The Morgan fingerprint density at radius 3 is 2.28 bits per heavy atom. The van der Waals surface area contributed by atoms with Gasteiger partial charge in [0.05, 0.1) is 5.54 Å². The summed E-state index contributed by atoms with van der Waals surface area (Å²) in [5.74, 6) is -0.646. The van der Waals surface area contributed by atoms with Gasteiger partial charge in [-0.2, -0.15) is 0 Å². The molecule has 0 bridgehead atoms. The van der Waals surface area contributed by atoms with Crippen molar-refractivity contribution in [3.05, 3.63) is 65.7 Å². The van der Waals surface area contributed by atoms with Crippen molar-refractivity contribution in [3.63, 3.8) is 0 Å². The summed E-state index contributed by atoms with van der Waals surface area (Å²) in [5.41, 5.74) is 8.07. The highest BCUT2D eigenvalue weighted by Gasteiger charge is 2.34. The number of nitrogens with two attached hydrogens (primary N) is 1. The van der Waals surface area contributed by atoms with Gasteiger partial charge in [0, 0.05) is 37.8 Å². The molecule has 2 aromatic rings. The first-order chi connectivity index (χ1) is 18.6. The van der Waals surface area contributed by atoms with Gasteiger partial charge < -0.3 is 30.9 Å². The molecule has 2 atom stereocenters. The van der Waals surface area contributed by atoms with Crippen molar-refractivity contribution in [1.29, 1.82) is 0 Å². The Morgan fingerprint density at radius 1 is 1.05 bits per heavy atom. The summed E-state index contributed by atoms with van der Waals surface area (Å²) in [6, 6.07) is 15.8. The lowest BCUT2D eigenvalue weighted by Gasteiger charge is -2.35. The Kier molecular flexibility index (Phi) is 11.2. The molecule has 1 fully saturated rings. The first-order valence-corrected chi connectivity index (χ1v) is 14.4. The maximum atomic E-state index is 13.3. The number of anilines is 1. The largest absolute Gasteiger partial charge is 0.351 e. The number of benzene rings is 2. The molecule has 0 aliphatic carbocycles. The summed E-state index contributed by atoms with van der Waals surface area (Å²) in [6.07, 6.45) is 2.45. The van der Waals surface area contributed by atoms with E-state index in [0.29, 0.717) is 18.7 Å². The zero-order valence-electron chi connectivity index (χ0n) is 23.4. The zero-order chi connectivity index (χ0) is 28.4. The second-order valence-corrected chi connectivity index (χ2v) is 11.2. The Morgan fingerprint density at radius 2 is 1.69 bits per heavy atom. The first kappa shape index (κ1) is 30.5. The molecule has 1 aliphatic heterocycles. The number of carbonyl (C=O) groups excluding carboxylic acids is 3. The molecule has 0 spiro atoms. The van der Waals surface area contributed by atoms with Crippen LogP contribution in [0.4, 0.5) is 5.69 Å². The number of nitrogens with zero attached hydrogens (tertiary/aromatic N) is 2. The van der Waals surface area contributed by atoms with Gasteiger partial charge in [-0.3, -0.25) is 14.4 Å². The van der Waals surface area contributed by atoms with Crippen LogP contribution in [0.2, 0.25) is 0 Å². The van der Waals surface area contributed by atoms with Crippen LogP contribution in [0.1, 0.15) is 56.5 Å². The number of nitrogens with one attached hydrogen (secondary N) is 3. The second kappa shape index (κ2) is 14.3. The average molecular weight is 555 g/mol. The monoisotopic (exact) mass is 554 g/mol. The van der Waals surface area contributed by atoms with E-state index in [0.717, 1.165) is 30.9 Å². The standard InChI is InChI=1S/C29H42N6O3S/c1-5-35(21(2)36)28(25(30)27(38)32-29(3,4)23-11-7-6-8-12-23)39-33-24-15-13-22(14-16-24)26(37)31-17-20-34-18-9-10-19-34/h6-8,11-16,25,28,33H,5,9-10,17-20,30H2,1-4H3,(H,31,37)(H,32,38)/t25-,28?/m1/s1. The van der Waals surface area contributed by atoms with E-state index >= 15 is 0 Å². The highest BCUT2D eigenvalue weighted by atomic mass is 32.2. The third kappa shape index (κ3) is 8.71. The minimum absolute atomic E-state index is 0.111. The van der Waals surface area contributed by atoms with E-state index in [1.54, 1.807) is 29.2 Å². The van der Waals surface area contributed by atoms with Crippen LogP contribution >= 0.6 is 11.9 Å². The highest BCUT2D eigenvalue weighted by Crippen LogP contribution is 2.24. The van der Waals surface area contributed by atoms with Crippen LogP contribution in [0.3, 0.4) is 0 Å². The van der Waals surface area contributed by atoms with Gasteiger partial charge in [-0.25, -0.2) is 0 Å². The molecule has 5 N–H and O–H groups in total.